The van der Waals surface area contributed by atoms with Crippen molar-refractivity contribution in [3.8, 4) is 5.75 Å². The first-order chi connectivity index (χ1) is 9.88. The number of ether oxygens (including phenoxy) is 1. The van der Waals surface area contributed by atoms with Crippen LogP contribution in [0.5, 0.6) is 5.75 Å². The molecule has 0 atom stereocenters. The van der Waals surface area contributed by atoms with Crippen molar-refractivity contribution in [2.24, 2.45) is 0 Å². The molecule has 1 aromatic rings. The molecule has 0 radical (unpaired) electrons. The summed E-state index contributed by atoms with van der Waals surface area (Å²) < 4.78 is 28.5. The Bertz CT molecular complexity index is 604. The maximum Gasteiger partial charge on any atom is 0.260 e. The van der Waals surface area contributed by atoms with Gasteiger partial charge in [-0.1, -0.05) is 18.2 Å². The van der Waals surface area contributed by atoms with Crippen molar-refractivity contribution in [1.29, 1.82) is 0 Å². The smallest absolute Gasteiger partial charge is 0.260 e. The van der Waals surface area contributed by atoms with Crippen molar-refractivity contribution in [1.82, 2.24) is 4.90 Å². The van der Waals surface area contributed by atoms with Crippen LogP contribution in [-0.2, 0) is 14.6 Å². The van der Waals surface area contributed by atoms with Crippen LogP contribution in [-0.4, -0.2) is 50.4 Å². The summed E-state index contributed by atoms with van der Waals surface area (Å²) in [6.07, 6.45) is 2.28. The lowest BCUT2D eigenvalue weighted by Crippen LogP contribution is -2.44. The van der Waals surface area contributed by atoms with E-state index < -0.39 is 9.84 Å². The van der Waals surface area contributed by atoms with E-state index in [1.54, 1.807) is 4.90 Å². The molecule has 116 valence electrons. The fourth-order valence-corrected chi connectivity index (χ4v) is 3.55. The Labute approximate surface area is 125 Å². The predicted octanol–water partition coefficient (Wildman–Crippen LogP) is 1.41. The second-order valence-electron chi connectivity index (χ2n) is 5.46. The SMILES string of the molecule is Cc1ccccc1OCC(=O)N1CCC(S(C)(=O)=O)CC1. The largest absolute Gasteiger partial charge is 0.484 e. The van der Waals surface area contributed by atoms with Crippen LogP contribution < -0.4 is 4.74 Å². The van der Waals surface area contributed by atoms with Gasteiger partial charge in [0.15, 0.2) is 6.61 Å². The summed E-state index contributed by atoms with van der Waals surface area (Å²) in [6.45, 7) is 2.88. The molecule has 21 heavy (non-hydrogen) atoms. The van der Waals surface area contributed by atoms with Crippen LogP contribution >= 0.6 is 0 Å². The number of aryl methyl sites for hydroxylation is 1. The van der Waals surface area contributed by atoms with Gasteiger partial charge in [0.05, 0.1) is 5.25 Å². The highest BCUT2D eigenvalue weighted by atomic mass is 32.2. The maximum atomic E-state index is 12.1. The van der Waals surface area contributed by atoms with E-state index in [2.05, 4.69) is 0 Å². The summed E-state index contributed by atoms with van der Waals surface area (Å²) in [5.41, 5.74) is 0.987. The first-order valence-electron chi connectivity index (χ1n) is 7.03. The van der Waals surface area contributed by atoms with Crippen molar-refractivity contribution in [2.75, 3.05) is 26.0 Å². The van der Waals surface area contributed by atoms with Crippen LogP contribution in [0.3, 0.4) is 0 Å². The molecule has 0 spiro atoms. The van der Waals surface area contributed by atoms with E-state index in [1.165, 1.54) is 6.26 Å². The Kier molecular flexibility index (Phi) is 4.88. The predicted molar refractivity (Wildman–Crippen MR) is 81.1 cm³/mol. The van der Waals surface area contributed by atoms with Gasteiger partial charge in [0, 0.05) is 19.3 Å². The fourth-order valence-electron chi connectivity index (χ4n) is 2.48. The average Bonchev–Trinajstić information content (AvgIpc) is 2.45. The Morgan fingerprint density at radius 2 is 1.90 bits per heavy atom. The lowest BCUT2D eigenvalue weighted by atomic mass is 10.1. The van der Waals surface area contributed by atoms with Crippen LogP contribution in [0.1, 0.15) is 18.4 Å². The van der Waals surface area contributed by atoms with Crippen LogP contribution in [0.4, 0.5) is 0 Å². The summed E-state index contributed by atoms with van der Waals surface area (Å²) >= 11 is 0. The molecule has 0 saturated carbocycles. The number of rotatable bonds is 4. The molecule has 1 aliphatic heterocycles. The van der Waals surface area contributed by atoms with E-state index in [0.717, 1.165) is 5.56 Å². The van der Waals surface area contributed by atoms with E-state index >= 15 is 0 Å². The van der Waals surface area contributed by atoms with Crippen molar-refractivity contribution < 1.29 is 17.9 Å². The standard InChI is InChI=1S/C15H21NO4S/c1-12-5-3-4-6-14(12)20-11-15(17)16-9-7-13(8-10-16)21(2,18)19/h3-6,13H,7-11H2,1-2H3. The van der Waals surface area contributed by atoms with Gasteiger partial charge in [-0.2, -0.15) is 0 Å². The lowest BCUT2D eigenvalue weighted by Gasteiger charge is -2.31. The molecule has 0 bridgehead atoms. The molecule has 0 aromatic heterocycles. The van der Waals surface area contributed by atoms with Crippen LogP contribution in [0.25, 0.3) is 0 Å². The van der Waals surface area contributed by atoms with Gasteiger partial charge >= 0.3 is 0 Å². The first-order valence-corrected chi connectivity index (χ1v) is 8.98. The molecule has 1 aliphatic rings. The normalized spacial score (nSPS) is 16.8. The van der Waals surface area contributed by atoms with Crippen LogP contribution in [0, 0.1) is 6.92 Å². The Hall–Kier alpha value is -1.56. The third-order valence-corrected chi connectivity index (χ3v) is 5.53. The number of hydrogen-bond acceptors (Lipinski definition) is 4. The maximum absolute atomic E-state index is 12.1. The quantitative estimate of drug-likeness (QED) is 0.843. The molecule has 6 heteroatoms. The number of carbonyl (C=O) groups excluding carboxylic acids is 1. The molecule has 5 nitrogen and oxygen atoms in total. The number of sulfone groups is 1. The number of nitrogens with zero attached hydrogens (tertiary/aromatic N) is 1. The van der Waals surface area contributed by atoms with Gasteiger partial charge in [0.2, 0.25) is 0 Å². The number of para-hydroxylation sites is 1. The Balaban J connectivity index is 1.84. The van der Waals surface area contributed by atoms with Gasteiger partial charge in [-0.15, -0.1) is 0 Å². The number of piperidine rings is 1. The van der Waals surface area contributed by atoms with Crippen molar-refractivity contribution in [2.45, 2.75) is 25.0 Å². The molecule has 2 rings (SSSR count). The van der Waals surface area contributed by atoms with Crippen LogP contribution in [0.2, 0.25) is 0 Å². The minimum atomic E-state index is -3.01. The molecule has 0 N–H and O–H groups in total. The summed E-state index contributed by atoms with van der Waals surface area (Å²) in [4.78, 5) is 13.8. The molecule has 1 amide bonds. The number of benzene rings is 1. The van der Waals surface area contributed by atoms with Crippen molar-refractivity contribution in [3.63, 3.8) is 0 Å². The van der Waals surface area contributed by atoms with E-state index in [-0.39, 0.29) is 17.8 Å². The monoisotopic (exact) mass is 311 g/mol. The average molecular weight is 311 g/mol. The topological polar surface area (TPSA) is 63.7 Å². The number of amides is 1. The van der Waals surface area contributed by atoms with Gasteiger partial charge in [-0.05, 0) is 31.4 Å². The number of likely N-dealkylation sites (tertiary alicyclic amines) is 1. The third-order valence-electron chi connectivity index (χ3n) is 3.84. The first kappa shape index (κ1) is 15.8. The highest BCUT2D eigenvalue weighted by Gasteiger charge is 2.28. The van der Waals surface area contributed by atoms with Crippen molar-refractivity contribution in [3.05, 3.63) is 29.8 Å². The molecule has 1 aromatic carbocycles. The Morgan fingerprint density at radius 3 is 2.48 bits per heavy atom. The zero-order valence-electron chi connectivity index (χ0n) is 12.4. The number of carbonyl (C=O) groups is 1. The zero-order chi connectivity index (χ0) is 15.5. The number of hydrogen-bond donors (Lipinski definition) is 0. The van der Waals surface area contributed by atoms with Gasteiger partial charge < -0.3 is 9.64 Å². The summed E-state index contributed by atoms with van der Waals surface area (Å²) in [7, 11) is -3.01. The summed E-state index contributed by atoms with van der Waals surface area (Å²) in [6, 6.07) is 7.54. The molecule has 1 saturated heterocycles. The van der Waals surface area contributed by atoms with Gasteiger partial charge in [-0.3, -0.25) is 4.79 Å². The van der Waals surface area contributed by atoms with Crippen molar-refractivity contribution >= 4 is 15.7 Å². The van der Waals surface area contributed by atoms with Crippen LogP contribution in [0.15, 0.2) is 24.3 Å². The molecular formula is C15H21NO4S. The zero-order valence-corrected chi connectivity index (χ0v) is 13.2. The second kappa shape index (κ2) is 6.47. The fraction of sp³-hybridized carbons (Fsp3) is 0.533. The minimum Gasteiger partial charge on any atom is -0.484 e. The third kappa shape index (κ3) is 4.20. The summed E-state index contributed by atoms with van der Waals surface area (Å²) in [5.74, 6) is 0.613. The molecule has 0 unspecified atom stereocenters. The Morgan fingerprint density at radius 1 is 1.29 bits per heavy atom. The lowest BCUT2D eigenvalue weighted by molar-refractivity contribution is -0.134. The highest BCUT2D eigenvalue weighted by Crippen LogP contribution is 2.19. The minimum absolute atomic E-state index is 0.00556. The van der Waals surface area contributed by atoms with Gasteiger partial charge in [0.1, 0.15) is 15.6 Å². The molecule has 1 heterocycles. The molecule has 0 aliphatic carbocycles. The van der Waals surface area contributed by atoms with E-state index in [0.29, 0.717) is 31.7 Å². The second-order valence-corrected chi connectivity index (χ2v) is 7.79. The van der Waals surface area contributed by atoms with E-state index in [1.807, 2.05) is 31.2 Å². The summed E-state index contributed by atoms with van der Waals surface area (Å²) in [5, 5.41) is -0.321. The van der Waals surface area contributed by atoms with E-state index in [9.17, 15) is 13.2 Å². The van der Waals surface area contributed by atoms with E-state index in [4.69, 9.17) is 4.74 Å². The highest BCUT2D eigenvalue weighted by molar-refractivity contribution is 7.91. The van der Waals surface area contributed by atoms with Gasteiger partial charge in [-0.25, -0.2) is 8.42 Å². The van der Waals surface area contributed by atoms with Gasteiger partial charge in [0.25, 0.3) is 5.91 Å². The molecular weight excluding hydrogens is 290 g/mol. The molecule has 1 fully saturated rings.